The van der Waals surface area contributed by atoms with Gasteiger partial charge in [0.1, 0.15) is 12.2 Å². The van der Waals surface area contributed by atoms with E-state index in [1.54, 1.807) is 51.1 Å². The number of rotatable bonds is 13. The number of esters is 3. The predicted octanol–water partition coefficient (Wildman–Crippen LogP) is 6.95. The standard InChI is InChI=1S/C38H50F3NO8/c1-7-8-9-10-17-22-30-26(4)35(45)50-33(25(2)3)34(44)42(5)29(23-27-18-13-11-14-19-27)31(24-32(43)48-30)49-36(46)37(47-6,38(39,40)41)28-20-15-12-16-21-28/h11-16,18-21,25-26,29-31,33H,7-10,17,22-24H2,1-6H3/t26-,29-,30+,31+,33-,37-/m0/s1. The molecule has 6 atom stereocenters. The van der Waals surface area contributed by atoms with E-state index in [0.717, 1.165) is 44.9 Å². The number of hydrogen-bond donors (Lipinski definition) is 0. The lowest BCUT2D eigenvalue weighted by Gasteiger charge is -2.39. The number of benzene rings is 2. The highest BCUT2D eigenvalue weighted by Gasteiger charge is 2.64. The number of nitrogens with zero attached hydrogens (tertiary/aromatic N) is 1. The predicted molar refractivity (Wildman–Crippen MR) is 180 cm³/mol. The van der Waals surface area contributed by atoms with Crippen LogP contribution < -0.4 is 0 Å². The number of carbonyl (C=O) groups is 4. The molecule has 0 aromatic heterocycles. The van der Waals surface area contributed by atoms with E-state index in [1.807, 2.05) is 0 Å². The quantitative estimate of drug-likeness (QED) is 0.125. The number of likely N-dealkylation sites (N-methyl/N-ethyl adjacent to an activating group) is 1. The van der Waals surface area contributed by atoms with Crippen molar-refractivity contribution >= 4 is 23.8 Å². The van der Waals surface area contributed by atoms with Gasteiger partial charge in [0.05, 0.1) is 18.4 Å². The normalized spacial score (nSPS) is 23.7. The summed E-state index contributed by atoms with van der Waals surface area (Å²) >= 11 is 0. The van der Waals surface area contributed by atoms with Crippen molar-refractivity contribution in [1.82, 2.24) is 4.90 Å². The molecule has 0 spiro atoms. The summed E-state index contributed by atoms with van der Waals surface area (Å²) in [7, 11) is 2.13. The maximum atomic E-state index is 14.9. The molecule has 1 saturated heterocycles. The van der Waals surface area contributed by atoms with Crippen molar-refractivity contribution in [2.45, 2.75) is 115 Å². The third kappa shape index (κ3) is 9.86. The Morgan fingerprint density at radius 1 is 0.940 bits per heavy atom. The van der Waals surface area contributed by atoms with Crippen LogP contribution in [-0.2, 0) is 50.1 Å². The van der Waals surface area contributed by atoms with Crippen LogP contribution in [0.15, 0.2) is 60.7 Å². The average molecular weight is 706 g/mol. The molecular weight excluding hydrogens is 655 g/mol. The van der Waals surface area contributed by atoms with Gasteiger partial charge in [0.25, 0.3) is 11.5 Å². The first kappa shape index (κ1) is 40.5. The molecule has 2 aromatic carbocycles. The molecule has 1 aliphatic heterocycles. The van der Waals surface area contributed by atoms with Gasteiger partial charge in [-0.25, -0.2) is 4.79 Å². The third-order valence-corrected chi connectivity index (χ3v) is 9.26. The van der Waals surface area contributed by atoms with Gasteiger partial charge >= 0.3 is 24.1 Å². The van der Waals surface area contributed by atoms with Crippen molar-refractivity contribution in [3.8, 4) is 0 Å². The number of alkyl halides is 3. The Balaban J connectivity index is 2.15. The van der Waals surface area contributed by atoms with E-state index >= 15 is 0 Å². The molecule has 9 nitrogen and oxygen atoms in total. The van der Waals surface area contributed by atoms with Gasteiger partial charge < -0.3 is 23.8 Å². The zero-order valence-electron chi connectivity index (χ0n) is 29.7. The van der Waals surface area contributed by atoms with Crippen molar-refractivity contribution in [3.05, 3.63) is 71.8 Å². The molecule has 0 N–H and O–H groups in total. The molecule has 1 aliphatic rings. The van der Waals surface area contributed by atoms with Crippen molar-refractivity contribution in [3.63, 3.8) is 0 Å². The molecule has 0 aliphatic carbocycles. The van der Waals surface area contributed by atoms with E-state index in [0.29, 0.717) is 18.4 Å². The number of ether oxygens (including phenoxy) is 4. The summed E-state index contributed by atoms with van der Waals surface area (Å²) in [5, 5.41) is 0. The van der Waals surface area contributed by atoms with E-state index < -0.39 is 83.8 Å². The highest BCUT2D eigenvalue weighted by atomic mass is 19.4. The fourth-order valence-corrected chi connectivity index (χ4v) is 6.20. The molecular formula is C38H50F3NO8. The van der Waals surface area contributed by atoms with Gasteiger partial charge in [0.15, 0.2) is 6.10 Å². The first-order chi connectivity index (χ1) is 23.7. The molecule has 1 heterocycles. The van der Waals surface area contributed by atoms with Crippen molar-refractivity contribution in [2.75, 3.05) is 14.2 Å². The molecule has 276 valence electrons. The lowest BCUT2D eigenvalue weighted by Crippen LogP contribution is -2.57. The van der Waals surface area contributed by atoms with Crippen molar-refractivity contribution in [1.29, 1.82) is 0 Å². The van der Waals surface area contributed by atoms with E-state index in [1.165, 1.54) is 30.1 Å². The van der Waals surface area contributed by atoms with Crippen LogP contribution in [0.3, 0.4) is 0 Å². The monoisotopic (exact) mass is 705 g/mol. The molecule has 2 aromatic rings. The van der Waals surface area contributed by atoms with E-state index in [-0.39, 0.29) is 6.42 Å². The molecule has 0 bridgehead atoms. The lowest BCUT2D eigenvalue weighted by atomic mass is 9.91. The van der Waals surface area contributed by atoms with Gasteiger partial charge in [-0.15, -0.1) is 0 Å². The van der Waals surface area contributed by atoms with Crippen molar-refractivity contribution < 1.29 is 51.3 Å². The van der Waals surface area contributed by atoms with Crippen molar-refractivity contribution in [2.24, 2.45) is 11.8 Å². The van der Waals surface area contributed by atoms with E-state index in [2.05, 4.69) is 6.92 Å². The fraction of sp³-hybridized carbons (Fsp3) is 0.579. The number of cyclic esters (lactones) is 2. The smallest absolute Gasteiger partial charge is 0.432 e. The number of hydrogen-bond acceptors (Lipinski definition) is 8. The number of unbranched alkanes of at least 4 members (excludes halogenated alkanes) is 4. The highest BCUT2D eigenvalue weighted by Crippen LogP contribution is 2.43. The van der Waals surface area contributed by atoms with Crippen LogP contribution in [-0.4, -0.2) is 73.4 Å². The van der Waals surface area contributed by atoms with Gasteiger partial charge in [-0.3, -0.25) is 14.4 Å². The summed E-state index contributed by atoms with van der Waals surface area (Å²) in [6.45, 7) is 7.03. The summed E-state index contributed by atoms with van der Waals surface area (Å²) in [5.74, 6) is -5.54. The fourth-order valence-electron chi connectivity index (χ4n) is 6.20. The van der Waals surface area contributed by atoms with Gasteiger partial charge in [-0.2, -0.15) is 13.2 Å². The molecule has 12 heteroatoms. The maximum Gasteiger partial charge on any atom is 0.432 e. The third-order valence-electron chi connectivity index (χ3n) is 9.26. The van der Waals surface area contributed by atoms with Crippen LogP contribution in [0.4, 0.5) is 13.2 Å². The summed E-state index contributed by atoms with van der Waals surface area (Å²) in [6, 6.07) is 13.9. The number of carbonyl (C=O) groups excluding carboxylic acids is 4. The highest BCUT2D eigenvalue weighted by molar-refractivity contribution is 5.86. The number of halogens is 3. The van der Waals surface area contributed by atoms with Crippen LogP contribution in [0, 0.1) is 11.8 Å². The topological polar surface area (TPSA) is 108 Å². The molecule has 1 amide bonds. The first-order valence-electron chi connectivity index (χ1n) is 17.3. The largest absolute Gasteiger partial charge is 0.461 e. The summed E-state index contributed by atoms with van der Waals surface area (Å²) in [6.07, 6.45) is -5.08. The lowest BCUT2D eigenvalue weighted by molar-refractivity contribution is -0.279. The molecule has 0 radical (unpaired) electrons. The van der Waals surface area contributed by atoms with Crippen LogP contribution in [0.25, 0.3) is 0 Å². The summed E-state index contributed by atoms with van der Waals surface area (Å²) in [5.41, 5.74) is -3.43. The Hall–Kier alpha value is -3.93. The Kier molecular flexibility index (Phi) is 14.9. The molecule has 0 saturated carbocycles. The SMILES string of the molecule is CCCCCCC[C@H]1OC(=O)C[C@@H](OC(=O)[C@@](OC)(c2ccccc2)C(F)(F)F)[C@H](Cc2ccccc2)N(C)C(=O)[C@H](C(C)C)OC(=O)[C@H]1C. The second kappa shape index (κ2) is 18.3. The van der Waals surface area contributed by atoms with E-state index in [9.17, 15) is 32.3 Å². The Labute approximate surface area is 292 Å². The van der Waals surface area contributed by atoms with E-state index in [4.69, 9.17) is 18.9 Å². The second-order valence-corrected chi connectivity index (χ2v) is 13.2. The Morgan fingerprint density at radius 3 is 2.10 bits per heavy atom. The van der Waals surface area contributed by atoms with Crippen LogP contribution in [0.2, 0.25) is 0 Å². The Bertz CT molecular complexity index is 1400. The zero-order chi connectivity index (χ0) is 37.1. The average Bonchev–Trinajstić information content (AvgIpc) is 3.08. The molecule has 0 unspecified atom stereocenters. The Morgan fingerprint density at radius 2 is 1.54 bits per heavy atom. The van der Waals surface area contributed by atoms with Crippen LogP contribution >= 0.6 is 0 Å². The summed E-state index contributed by atoms with van der Waals surface area (Å²) in [4.78, 5) is 56.4. The minimum Gasteiger partial charge on any atom is -0.461 e. The maximum absolute atomic E-state index is 14.9. The minimum absolute atomic E-state index is 0.0261. The summed E-state index contributed by atoms with van der Waals surface area (Å²) < 4.78 is 67.1. The van der Waals surface area contributed by atoms with Crippen LogP contribution in [0.1, 0.15) is 83.8 Å². The zero-order valence-corrected chi connectivity index (χ0v) is 29.7. The first-order valence-corrected chi connectivity index (χ1v) is 17.3. The van der Waals surface area contributed by atoms with Crippen LogP contribution in [0.5, 0.6) is 0 Å². The van der Waals surface area contributed by atoms with Gasteiger partial charge in [0, 0.05) is 19.7 Å². The molecule has 1 fully saturated rings. The van der Waals surface area contributed by atoms with Gasteiger partial charge in [-0.05, 0) is 37.7 Å². The minimum atomic E-state index is -5.28. The number of amides is 1. The second-order valence-electron chi connectivity index (χ2n) is 13.2. The van der Waals surface area contributed by atoms with Gasteiger partial charge in [0.2, 0.25) is 0 Å². The molecule has 50 heavy (non-hydrogen) atoms. The van der Waals surface area contributed by atoms with Gasteiger partial charge in [-0.1, -0.05) is 107 Å². The number of methoxy groups -OCH3 is 1. The molecule has 3 rings (SSSR count).